The Morgan fingerprint density at radius 3 is 3.00 bits per heavy atom. The number of nitrogens with two attached hydrogens (primary N) is 1. The van der Waals surface area contributed by atoms with Crippen molar-refractivity contribution in [1.82, 2.24) is 4.98 Å². The Hall–Kier alpha value is -0.640. The van der Waals surface area contributed by atoms with E-state index in [9.17, 15) is 0 Å². The van der Waals surface area contributed by atoms with Crippen molar-refractivity contribution >= 4 is 11.6 Å². The van der Waals surface area contributed by atoms with E-state index in [1.54, 1.807) is 18.3 Å². The lowest BCUT2D eigenvalue weighted by Crippen LogP contribution is -2.13. The van der Waals surface area contributed by atoms with Crippen LogP contribution in [0.1, 0.15) is 18.2 Å². The first kappa shape index (κ1) is 9.45. The molecule has 1 atom stereocenters. The van der Waals surface area contributed by atoms with Crippen molar-refractivity contribution in [2.75, 3.05) is 6.61 Å². The summed E-state index contributed by atoms with van der Waals surface area (Å²) in [4.78, 5) is 4.03. The van der Waals surface area contributed by atoms with Crippen LogP contribution in [-0.2, 0) is 0 Å². The third kappa shape index (κ3) is 2.17. The average Bonchev–Trinajstić information content (AvgIpc) is 2.05. The molecule has 4 heteroatoms. The second-order valence-electron chi connectivity index (χ2n) is 2.49. The largest absolute Gasteiger partial charge is 0.396 e. The van der Waals surface area contributed by atoms with Crippen LogP contribution in [0, 0.1) is 0 Å². The van der Waals surface area contributed by atoms with Crippen molar-refractivity contribution in [3.63, 3.8) is 0 Å². The van der Waals surface area contributed by atoms with Crippen LogP contribution in [0.4, 0.5) is 0 Å². The number of hydrogen-bond donors (Lipinski definition) is 2. The molecule has 0 saturated heterocycles. The second kappa shape index (κ2) is 4.40. The fourth-order valence-corrected chi connectivity index (χ4v) is 1.21. The van der Waals surface area contributed by atoms with Gasteiger partial charge in [0, 0.05) is 12.8 Å². The van der Waals surface area contributed by atoms with E-state index in [0.29, 0.717) is 17.1 Å². The molecule has 3 nitrogen and oxygen atoms in total. The molecule has 0 fully saturated rings. The molecule has 1 rings (SSSR count). The number of rotatable bonds is 3. The molecule has 0 bridgehead atoms. The summed E-state index contributed by atoms with van der Waals surface area (Å²) >= 11 is 5.83. The molecule has 66 valence electrons. The summed E-state index contributed by atoms with van der Waals surface area (Å²) in [6, 6.07) is 3.21. The molecule has 0 aromatic carbocycles. The zero-order valence-electron chi connectivity index (χ0n) is 6.57. The molecule has 0 spiro atoms. The number of halogens is 1. The van der Waals surface area contributed by atoms with Gasteiger partial charge in [0.25, 0.3) is 0 Å². The number of aliphatic hydroxyl groups excluding tert-OH is 1. The quantitative estimate of drug-likeness (QED) is 0.744. The maximum atomic E-state index is 8.64. The van der Waals surface area contributed by atoms with Crippen LogP contribution < -0.4 is 5.73 Å². The first-order chi connectivity index (χ1) is 5.75. The van der Waals surface area contributed by atoms with Gasteiger partial charge in [0.2, 0.25) is 0 Å². The molecule has 3 N–H and O–H groups in total. The van der Waals surface area contributed by atoms with Gasteiger partial charge < -0.3 is 10.8 Å². The number of hydrogen-bond acceptors (Lipinski definition) is 3. The van der Waals surface area contributed by atoms with Crippen LogP contribution in [-0.4, -0.2) is 16.7 Å². The standard InChI is InChI=1S/C8H11ClN2O/c9-6-2-1-4-11-8(6)7(10)3-5-12/h1-2,4,7,12H,3,5,10H2/t7-/m1/s1. The zero-order chi connectivity index (χ0) is 8.97. The fourth-order valence-electron chi connectivity index (χ4n) is 0.947. The van der Waals surface area contributed by atoms with Crippen molar-refractivity contribution < 1.29 is 5.11 Å². The molecule has 0 aliphatic heterocycles. The Kier molecular flexibility index (Phi) is 3.47. The van der Waals surface area contributed by atoms with Gasteiger partial charge in [-0.25, -0.2) is 0 Å². The number of aromatic nitrogens is 1. The summed E-state index contributed by atoms with van der Waals surface area (Å²) in [6.07, 6.45) is 2.12. The first-order valence-corrected chi connectivity index (χ1v) is 4.10. The molecular formula is C8H11ClN2O. The lowest BCUT2D eigenvalue weighted by atomic mass is 10.1. The van der Waals surface area contributed by atoms with Crippen molar-refractivity contribution in [2.24, 2.45) is 5.73 Å². The van der Waals surface area contributed by atoms with E-state index in [4.69, 9.17) is 22.4 Å². The maximum absolute atomic E-state index is 8.64. The smallest absolute Gasteiger partial charge is 0.0757 e. The summed E-state index contributed by atoms with van der Waals surface area (Å²) in [5, 5.41) is 9.19. The van der Waals surface area contributed by atoms with Crippen LogP contribution in [0.25, 0.3) is 0 Å². The molecule has 1 aromatic heterocycles. The van der Waals surface area contributed by atoms with Gasteiger partial charge in [0.1, 0.15) is 0 Å². The Bertz CT molecular complexity index is 255. The fraction of sp³-hybridized carbons (Fsp3) is 0.375. The predicted molar refractivity (Wildman–Crippen MR) is 47.9 cm³/mol. The summed E-state index contributed by atoms with van der Waals surface area (Å²) in [7, 11) is 0. The minimum absolute atomic E-state index is 0.0497. The predicted octanol–water partition coefficient (Wildman–Crippen LogP) is 1.12. The Labute approximate surface area is 76.2 Å². The molecule has 0 aliphatic carbocycles. The highest BCUT2D eigenvalue weighted by Crippen LogP contribution is 2.19. The van der Waals surface area contributed by atoms with E-state index >= 15 is 0 Å². The molecule has 1 aromatic rings. The summed E-state index contributed by atoms with van der Waals surface area (Å²) in [5.41, 5.74) is 6.35. The Balaban J connectivity index is 2.79. The lowest BCUT2D eigenvalue weighted by Gasteiger charge is -2.09. The van der Waals surface area contributed by atoms with Gasteiger partial charge in [-0.05, 0) is 18.6 Å². The van der Waals surface area contributed by atoms with Crippen LogP contribution in [0.5, 0.6) is 0 Å². The highest BCUT2D eigenvalue weighted by atomic mass is 35.5. The van der Waals surface area contributed by atoms with Crippen LogP contribution in [0.3, 0.4) is 0 Å². The molecular weight excluding hydrogens is 176 g/mol. The molecule has 0 aliphatic rings. The number of aliphatic hydroxyl groups is 1. The molecule has 0 radical (unpaired) electrons. The van der Waals surface area contributed by atoms with Crippen LogP contribution in [0.2, 0.25) is 5.02 Å². The van der Waals surface area contributed by atoms with Gasteiger partial charge in [0.15, 0.2) is 0 Å². The summed E-state index contributed by atoms with van der Waals surface area (Å²) < 4.78 is 0. The van der Waals surface area contributed by atoms with Crippen molar-refractivity contribution in [3.8, 4) is 0 Å². The highest BCUT2D eigenvalue weighted by molar-refractivity contribution is 6.31. The minimum atomic E-state index is -0.274. The van der Waals surface area contributed by atoms with Gasteiger partial charge in [-0.1, -0.05) is 11.6 Å². The molecule has 0 amide bonds. The Morgan fingerprint density at radius 1 is 1.67 bits per heavy atom. The summed E-state index contributed by atoms with van der Waals surface area (Å²) in [5.74, 6) is 0. The first-order valence-electron chi connectivity index (χ1n) is 3.72. The monoisotopic (exact) mass is 186 g/mol. The topological polar surface area (TPSA) is 59.1 Å². The lowest BCUT2D eigenvalue weighted by molar-refractivity contribution is 0.275. The molecule has 1 heterocycles. The van der Waals surface area contributed by atoms with E-state index in [-0.39, 0.29) is 12.6 Å². The molecule has 0 unspecified atom stereocenters. The van der Waals surface area contributed by atoms with E-state index in [2.05, 4.69) is 4.98 Å². The Morgan fingerprint density at radius 2 is 2.42 bits per heavy atom. The highest BCUT2D eigenvalue weighted by Gasteiger charge is 2.09. The van der Waals surface area contributed by atoms with Crippen LogP contribution >= 0.6 is 11.6 Å². The summed E-state index contributed by atoms with van der Waals surface area (Å²) in [6.45, 7) is 0.0497. The average molecular weight is 187 g/mol. The van der Waals surface area contributed by atoms with Gasteiger partial charge >= 0.3 is 0 Å². The molecule has 12 heavy (non-hydrogen) atoms. The van der Waals surface area contributed by atoms with Crippen molar-refractivity contribution in [1.29, 1.82) is 0 Å². The third-order valence-electron chi connectivity index (χ3n) is 1.58. The van der Waals surface area contributed by atoms with Gasteiger partial charge in [-0.3, -0.25) is 4.98 Å². The minimum Gasteiger partial charge on any atom is -0.396 e. The maximum Gasteiger partial charge on any atom is 0.0757 e. The van der Waals surface area contributed by atoms with Gasteiger partial charge in [-0.15, -0.1) is 0 Å². The number of pyridine rings is 1. The van der Waals surface area contributed by atoms with E-state index < -0.39 is 0 Å². The van der Waals surface area contributed by atoms with Crippen molar-refractivity contribution in [2.45, 2.75) is 12.5 Å². The molecule has 0 saturated carbocycles. The number of nitrogens with zero attached hydrogens (tertiary/aromatic N) is 1. The van der Waals surface area contributed by atoms with E-state index in [1.165, 1.54) is 0 Å². The van der Waals surface area contributed by atoms with Gasteiger partial charge in [0.05, 0.1) is 16.8 Å². The normalized spacial score (nSPS) is 12.9. The van der Waals surface area contributed by atoms with Crippen molar-refractivity contribution in [3.05, 3.63) is 29.0 Å². The third-order valence-corrected chi connectivity index (χ3v) is 1.90. The van der Waals surface area contributed by atoms with Gasteiger partial charge in [-0.2, -0.15) is 0 Å². The van der Waals surface area contributed by atoms with E-state index in [0.717, 1.165) is 0 Å². The van der Waals surface area contributed by atoms with E-state index in [1.807, 2.05) is 0 Å². The van der Waals surface area contributed by atoms with Crippen LogP contribution in [0.15, 0.2) is 18.3 Å². The SMILES string of the molecule is N[C@H](CCO)c1ncccc1Cl. The second-order valence-corrected chi connectivity index (χ2v) is 2.90. The zero-order valence-corrected chi connectivity index (χ0v) is 7.33.